The van der Waals surface area contributed by atoms with Gasteiger partial charge in [-0.15, -0.1) is 0 Å². The second kappa shape index (κ2) is 6.04. The van der Waals surface area contributed by atoms with Crippen LogP contribution in [-0.4, -0.2) is 35.4 Å². The molecule has 0 spiro atoms. The molecule has 0 aromatic heterocycles. The number of halogens is 1. The number of likely N-dealkylation sites (tertiary alicyclic amines) is 1. The van der Waals surface area contributed by atoms with Crippen molar-refractivity contribution in [3.8, 4) is 0 Å². The molecular formula is C17H24FNO2. The van der Waals surface area contributed by atoms with Crippen molar-refractivity contribution in [2.45, 2.75) is 51.3 Å². The molecule has 1 fully saturated rings. The van der Waals surface area contributed by atoms with Gasteiger partial charge in [0.15, 0.2) is 0 Å². The Labute approximate surface area is 126 Å². The first-order chi connectivity index (χ1) is 9.77. The van der Waals surface area contributed by atoms with Gasteiger partial charge in [0.2, 0.25) is 0 Å². The van der Waals surface area contributed by atoms with Crippen molar-refractivity contribution in [3.63, 3.8) is 0 Å². The number of hydrogen-bond acceptors (Lipinski definition) is 2. The molecule has 1 aliphatic rings. The lowest BCUT2D eigenvalue weighted by Crippen LogP contribution is -2.47. The third-order valence-electron chi connectivity index (χ3n) is 3.67. The molecule has 1 aliphatic heterocycles. The van der Waals surface area contributed by atoms with Crippen molar-refractivity contribution < 1.29 is 13.9 Å². The molecule has 0 N–H and O–H groups in total. The number of carbonyl (C=O) groups excluding carboxylic acids is 1. The third kappa shape index (κ3) is 4.73. The predicted octanol–water partition coefficient (Wildman–Crippen LogP) is 3.97. The zero-order valence-electron chi connectivity index (χ0n) is 13.1. The molecule has 1 aromatic carbocycles. The maximum atomic E-state index is 14.9. The van der Waals surface area contributed by atoms with Crippen LogP contribution in [0.25, 0.3) is 0 Å². The number of benzene rings is 1. The highest BCUT2D eigenvalue weighted by atomic mass is 19.1. The molecule has 3 nitrogen and oxygen atoms in total. The van der Waals surface area contributed by atoms with Gasteiger partial charge in [-0.1, -0.05) is 30.3 Å². The van der Waals surface area contributed by atoms with Gasteiger partial charge in [-0.05, 0) is 39.2 Å². The van der Waals surface area contributed by atoms with E-state index in [4.69, 9.17) is 4.74 Å². The van der Waals surface area contributed by atoms with E-state index in [1.807, 2.05) is 51.1 Å². The Morgan fingerprint density at radius 1 is 1.24 bits per heavy atom. The number of hydrogen-bond donors (Lipinski definition) is 0. The van der Waals surface area contributed by atoms with E-state index in [9.17, 15) is 9.18 Å². The normalized spacial score (nSPS) is 18.4. The molecule has 2 rings (SSSR count). The molecule has 1 heterocycles. The minimum Gasteiger partial charge on any atom is -0.444 e. The van der Waals surface area contributed by atoms with Gasteiger partial charge in [0.1, 0.15) is 11.3 Å². The van der Waals surface area contributed by atoms with Gasteiger partial charge in [-0.3, -0.25) is 0 Å². The molecule has 21 heavy (non-hydrogen) atoms. The van der Waals surface area contributed by atoms with Gasteiger partial charge in [0, 0.05) is 19.5 Å². The van der Waals surface area contributed by atoms with Crippen LogP contribution >= 0.6 is 0 Å². The van der Waals surface area contributed by atoms with Crippen molar-refractivity contribution in [1.29, 1.82) is 0 Å². The highest BCUT2D eigenvalue weighted by Gasteiger charge is 2.37. The zero-order valence-corrected chi connectivity index (χ0v) is 13.1. The molecule has 0 bridgehead atoms. The summed E-state index contributed by atoms with van der Waals surface area (Å²) in [6, 6.07) is 9.67. The standard InChI is InChI=1S/C17H24FNO2/c1-16(2,3)21-15(20)19-11-9-17(18,10-12-19)13-14-7-5-4-6-8-14/h4-8H,9-13H2,1-3H3. The number of ether oxygens (including phenoxy) is 1. The summed E-state index contributed by atoms with van der Waals surface area (Å²) >= 11 is 0. The number of alkyl halides is 1. The van der Waals surface area contributed by atoms with E-state index < -0.39 is 11.3 Å². The lowest BCUT2D eigenvalue weighted by Gasteiger charge is -2.37. The minimum atomic E-state index is -1.22. The van der Waals surface area contributed by atoms with E-state index in [0.29, 0.717) is 32.4 Å². The monoisotopic (exact) mass is 293 g/mol. The fourth-order valence-electron chi connectivity index (χ4n) is 2.55. The van der Waals surface area contributed by atoms with Crippen LogP contribution in [0.15, 0.2) is 30.3 Å². The maximum absolute atomic E-state index is 14.9. The van der Waals surface area contributed by atoms with E-state index in [0.717, 1.165) is 5.56 Å². The van der Waals surface area contributed by atoms with Crippen LogP contribution in [0, 0.1) is 0 Å². The van der Waals surface area contributed by atoms with E-state index in [-0.39, 0.29) is 6.09 Å². The molecular weight excluding hydrogens is 269 g/mol. The molecule has 1 saturated heterocycles. The number of amides is 1. The SMILES string of the molecule is CC(C)(C)OC(=O)N1CCC(F)(Cc2ccccc2)CC1. The molecule has 1 aromatic rings. The summed E-state index contributed by atoms with van der Waals surface area (Å²) in [5.41, 5.74) is -0.726. The van der Waals surface area contributed by atoms with Crippen LogP contribution < -0.4 is 0 Å². The Morgan fingerprint density at radius 3 is 2.33 bits per heavy atom. The number of nitrogens with zero attached hydrogens (tertiary/aromatic N) is 1. The second-order valence-electron chi connectivity index (χ2n) is 6.78. The average molecular weight is 293 g/mol. The molecule has 0 radical (unpaired) electrons. The molecule has 0 saturated carbocycles. The Hall–Kier alpha value is -1.58. The van der Waals surface area contributed by atoms with E-state index in [1.165, 1.54) is 0 Å². The topological polar surface area (TPSA) is 29.5 Å². The summed E-state index contributed by atoms with van der Waals surface area (Å²) in [7, 11) is 0. The van der Waals surface area contributed by atoms with Gasteiger partial charge in [0.05, 0.1) is 0 Å². The molecule has 0 unspecified atom stereocenters. The second-order valence-corrected chi connectivity index (χ2v) is 6.78. The lowest BCUT2D eigenvalue weighted by molar-refractivity contribution is 0.00340. The first-order valence-corrected chi connectivity index (χ1v) is 7.48. The van der Waals surface area contributed by atoms with Crippen molar-refractivity contribution in [3.05, 3.63) is 35.9 Å². The summed E-state index contributed by atoms with van der Waals surface area (Å²) in [4.78, 5) is 13.6. The highest BCUT2D eigenvalue weighted by molar-refractivity contribution is 5.68. The van der Waals surface area contributed by atoms with Crippen LogP contribution in [0.3, 0.4) is 0 Å². The Balaban J connectivity index is 1.89. The Morgan fingerprint density at radius 2 is 1.81 bits per heavy atom. The zero-order chi connectivity index (χ0) is 15.5. The first-order valence-electron chi connectivity index (χ1n) is 7.48. The molecule has 0 aliphatic carbocycles. The van der Waals surface area contributed by atoms with Crippen LogP contribution in [0.4, 0.5) is 9.18 Å². The van der Waals surface area contributed by atoms with Crippen molar-refractivity contribution in [2.24, 2.45) is 0 Å². The van der Waals surface area contributed by atoms with Crippen LogP contribution in [0.5, 0.6) is 0 Å². The van der Waals surface area contributed by atoms with Crippen LogP contribution in [0.2, 0.25) is 0 Å². The van der Waals surface area contributed by atoms with E-state index in [1.54, 1.807) is 4.90 Å². The largest absolute Gasteiger partial charge is 0.444 e. The molecule has 116 valence electrons. The predicted molar refractivity (Wildman–Crippen MR) is 81.0 cm³/mol. The van der Waals surface area contributed by atoms with Crippen molar-refractivity contribution in [2.75, 3.05) is 13.1 Å². The summed E-state index contributed by atoms with van der Waals surface area (Å²) in [6.45, 7) is 6.34. The smallest absolute Gasteiger partial charge is 0.410 e. The fourth-order valence-corrected chi connectivity index (χ4v) is 2.55. The van der Waals surface area contributed by atoms with Crippen LogP contribution in [-0.2, 0) is 11.2 Å². The fraction of sp³-hybridized carbons (Fsp3) is 0.588. The Bertz CT molecular complexity index is 473. The van der Waals surface area contributed by atoms with Crippen molar-refractivity contribution in [1.82, 2.24) is 4.90 Å². The maximum Gasteiger partial charge on any atom is 0.410 e. The number of piperidine rings is 1. The summed E-state index contributed by atoms with van der Waals surface area (Å²) < 4.78 is 20.2. The highest BCUT2D eigenvalue weighted by Crippen LogP contribution is 2.31. The average Bonchev–Trinajstić information content (AvgIpc) is 2.38. The number of carbonyl (C=O) groups is 1. The minimum absolute atomic E-state index is 0.343. The van der Waals surface area contributed by atoms with E-state index in [2.05, 4.69) is 0 Å². The summed E-state index contributed by atoms with van der Waals surface area (Å²) in [5, 5.41) is 0. The molecule has 4 heteroatoms. The first kappa shape index (κ1) is 15.8. The summed E-state index contributed by atoms with van der Waals surface area (Å²) in [5.74, 6) is 0. The molecule has 1 amide bonds. The van der Waals surface area contributed by atoms with E-state index >= 15 is 0 Å². The molecule has 0 atom stereocenters. The van der Waals surface area contributed by atoms with Gasteiger partial charge in [-0.2, -0.15) is 0 Å². The summed E-state index contributed by atoms with van der Waals surface area (Å²) in [6.07, 6.45) is 0.794. The lowest BCUT2D eigenvalue weighted by atomic mass is 9.87. The third-order valence-corrected chi connectivity index (χ3v) is 3.67. The van der Waals surface area contributed by atoms with Gasteiger partial charge in [0.25, 0.3) is 0 Å². The van der Waals surface area contributed by atoms with Gasteiger partial charge in [-0.25, -0.2) is 9.18 Å². The van der Waals surface area contributed by atoms with Gasteiger partial charge < -0.3 is 9.64 Å². The van der Waals surface area contributed by atoms with Crippen molar-refractivity contribution >= 4 is 6.09 Å². The Kier molecular flexibility index (Phi) is 4.55. The van der Waals surface area contributed by atoms with Gasteiger partial charge >= 0.3 is 6.09 Å². The quantitative estimate of drug-likeness (QED) is 0.825. The van der Waals surface area contributed by atoms with Crippen LogP contribution in [0.1, 0.15) is 39.2 Å². The number of rotatable bonds is 2.